The Bertz CT molecular complexity index is 561. The van der Waals surface area contributed by atoms with E-state index in [4.69, 9.17) is 0 Å². The van der Waals surface area contributed by atoms with E-state index in [1.54, 1.807) is 0 Å². The highest BCUT2D eigenvalue weighted by atomic mass is 79.9. The van der Waals surface area contributed by atoms with Crippen molar-refractivity contribution >= 4 is 27.3 Å². The molecule has 0 bridgehead atoms. The van der Waals surface area contributed by atoms with E-state index < -0.39 is 0 Å². The minimum Gasteiger partial charge on any atom is -0.378 e. The number of anilines is 2. The highest BCUT2D eigenvalue weighted by Gasteiger charge is 2.06. The first-order chi connectivity index (χ1) is 9.61. The van der Waals surface area contributed by atoms with E-state index in [1.165, 1.54) is 11.4 Å². The molecule has 2 rings (SSSR count). The van der Waals surface area contributed by atoms with Gasteiger partial charge in [0.2, 0.25) is 0 Å². The molecule has 0 aliphatic heterocycles. The Hall–Kier alpha value is -1.42. The average molecular weight is 336 g/mol. The zero-order valence-electron chi connectivity index (χ0n) is 12.4. The second kappa shape index (κ2) is 6.84. The third-order valence-corrected chi connectivity index (χ3v) is 3.78. The number of aromatic nitrogens is 1. The van der Waals surface area contributed by atoms with Gasteiger partial charge in [-0.2, -0.15) is 0 Å². The van der Waals surface area contributed by atoms with E-state index in [0.717, 1.165) is 29.7 Å². The van der Waals surface area contributed by atoms with Gasteiger partial charge in [-0.3, -0.25) is 0 Å². The topological polar surface area (TPSA) is 20.2 Å². The van der Waals surface area contributed by atoms with Gasteiger partial charge < -0.3 is 14.8 Å². The molecule has 20 heavy (non-hydrogen) atoms. The fourth-order valence-corrected chi connectivity index (χ4v) is 2.66. The smallest absolute Gasteiger partial charge is 0.0597 e. The van der Waals surface area contributed by atoms with Crippen LogP contribution in [-0.4, -0.2) is 18.7 Å². The van der Waals surface area contributed by atoms with Gasteiger partial charge in [-0.15, -0.1) is 0 Å². The third-order valence-electron chi connectivity index (χ3n) is 3.29. The lowest BCUT2D eigenvalue weighted by Crippen LogP contribution is -2.13. The Kier molecular flexibility index (Phi) is 5.12. The van der Waals surface area contributed by atoms with Gasteiger partial charge in [0.1, 0.15) is 0 Å². The number of rotatable bonds is 6. The van der Waals surface area contributed by atoms with Crippen molar-refractivity contribution in [2.45, 2.75) is 26.4 Å². The molecule has 0 amide bonds. The fourth-order valence-electron chi connectivity index (χ4n) is 2.29. The summed E-state index contributed by atoms with van der Waals surface area (Å²) in [6, 6.07) is 10.6. The molecular weight excluding hydrogens is 314 g/mol. The van der Waals surface area contributed by atoms with Crippen LogP contribution >= 0.6 is 15.9 Å². The molecule has 4 heteroatoms. The highest BCUT2D eigenvalue weighted by Crippen LogP contribution is 2.28. The van der Waals surface area contributed by atoms with Gasteiger partial charge in [0, 0.05) is 37.0 Å². The number of halogens is 1. The Labute approximate surface area is 129 Å². The van der Waals surface area contributed by atoms with Crippen molar-refractivity contribution in [1.29, 1.82) is 0 Å². The number of hydrogen-bond acceptors (Lipinski definition) is 2. The Morgan fingerprint density at radius 1 is 1.25 bits per heavy atom. The summed E-state index contributed by atoms with van der Waals surface area (Å²) in [7, 11) is 4.13. The fraction of sp³-hybridized carbons (Fsp3) is 0.375. The van der Waals surface area contributed by atoms with E-state index in [0.29, 0.717) is 0 Å². The van der Waals surface area contributed by atoms with E-state index in [2.05, 4.69) is 88.3 Å². The largest absolute Gasteiger partial charge is 0.378 e. The molecule has 0 atom stereocenters. The molecule has 1 aromatic heterocycles. The molecule has 0 unspecified atom stereocenters. The van der Waals surface area contributed by atoms with Crippen LogP contribution in [0.4, 0.5) is 11.4 Å². The molecule has 3 nitrogen and oxygen atoms in total. The van der Waals surface area contributed by atoms with Crippen LogP contribution in [-0.2, 0) is 13.1 Å². The molecule has 1 heterocycles. The first-order valence-electron chi connectivity index (χ1n) is 6.96. The summed E-state index contributed by atoms with van der Waals surface area (Å²) in [5, 5.41) is 3.54. The second-order valence-electron chi connectivity index (χ2n) is 5.10. The molecule has 1 aromatic carbocycles. The molecule has 0 aliphatic carbocycles. The van der Waals surface area contributed by atoms with Crippen molar-refractivity contribution in [2.24, 2.45) is 0 Å². The maximum absolute atomic E-state index is 3.54. The van der Waals surface area contributed by atoms with Crippen LogP contribution in [0.3, 0.4) is 0 Å². The quantitative estimate of drug-likeness (QED) is 0.847. The highest BCUT2D eigenvalue weighted by molar-refractivity contribution is 9.10. The average Bonchev–Trinajstić information content (AvgIpc) is 2.84. The van der Waals surface area contributed by atoms with Gasteiger partial charge in [0.15, 0.2) is 0 Å². The van der Waals surface area contributed by atoms with Crippen LogP contribution in [0.2, 0.25) is 0 Å². The molecule has 2 aromatic rings. The van der Waals surface area contributed by atoms with E-state index in [9.17, 15) is 0 Å². The van der Waals surface area contributed by atoms with Crippen molar-refractivity contribution in [3.8, 4) is 0 Å². The second-order valence-corrected chi connectivity index (χ2v) is 6.02. The summed E-state index contributed by atoms with van der Waals surface area (Å²) in [6.07, 6.45) is 3.30. The summed E-state index contributed by atoms with van der Waals surface area (Å²) < 4.78 is 3.40. The van der Waals surface area contributed by atoms with Crippen molar-refractivity contribution in [3.63, 3.8) is 0 Å². The molecule has 0 aliphatic rings. The lowest BCUT2D eigenvalue weighted by molar-refractivity contribution is 0.654. The molecular formula is C16H22BrN3. The number of nitrogens with zero attached hydrogens (tertiary/aromatic N) is 2. The maximum atomic E-state index is 3.54. The summed E-state index contributed by atoms with van der Waals surface area (Å²) in [5.74, 6) is 0. The Balaban J connectivity index is 2.14. The zero-order valence-corrected chi connectivity index (χ0v) is 13.9. The van der Waals surface area contributed by atoms with E-state index in [-0.39, 0.29) is 0 Å². The van der Waals surface area contributed by atoms with Gasteiger partial charge in [-0.05, 0) is 36.8 Å². The van der Waals surface area contributed by atoms with Crippen LogP contribution < -0.4 is 10.2 Å². The van der Waals surface area contributed by atoms with Crippen LogP contribution in [0, 0.1) is 0 Å². The minimum atomic E-state index is 0.838. The number of hydrogen-bond donors (Lipinski definition) is 1. The van der Waals surface area contributed by atoms with E-state index in [1.807, 2.05) is 0 Å². The van der Waals surface area contributed by atoms with Gasteiger partial charge in [0.25, 0.3) is 0 Å². The van der Waals surface area contributed by atoms with Crippen LogP contribution in [0.15, 0.2) is 41.0 Å². The van der Waals surface area contributed by atoms with Crippen molar-refractivity contribution < 1.29 is 0 Å². The first-order valence-corrected chi connectivity index (χ1v) is 7.76. The lowest BCUT2D eigenvalue weighted by Gasteiger charge is -2.19. The van der Waals surface area contributed by atoms with Gasteiger partial charge in [-0.25, -0.2) is 0 Å². The van der Waals surface area contributed by atoms with Crippen molar-refractivity contribution in [1.82, 2.24) is 4.57 Å². The van der Waals surface area contributed by atoms with Crippen LogP contribution in [0.5, 0.6) is 0 Å². The molecule has 0 saturated heterocycles. The normalized spacial score (nSPS) is 10.6. The monoisotopic (exact) mass is 335 g/mol. The van der Waals surface area contributed by atoms with Crippen molar-refractivity contribution in [2.75, 3.05) is 24.3 Å². The Morgan fingerprint density at radius 3 is 2.75 bits per heavy atom. The summed E-state index contributed by atoms with van der Waals surface area (Å²) in [4.78, 5) is 2.12. The Morgan fingerprint density at radius 2 is 2.05 bits per heavy atom. The number of benzene rings is 1. The molecule has 0 fully saturated rings. The van der Waals surface area contributed by atoms with Crippen LogP contribution in [0.1, 0.15) is 19.0 Å². The SMILES string of the molecule is CCCn1cccc1CNc1cc(Br)ccc1N(C)C. The zero-order chi connectivity index (χ0) is 14.5. The van der Waals surface area contributed by atoms with Crippen LogP contribution in [0.25, 0.3) is 0 Å². The third kappa shape index (κ3) is 3.57. The number of aryl methyl sites for hydroxylation is 1. The molecule has 0 radical (unpaired) electrons. The molecule has 1 N–H and O–H groups in total. The summed E-state index contributed by atoms with van der Waals surface area (Å²) in [5.41, 5.74) is 3.66. The molecule has 0 spiro atoms. The maximum Gasteiger partial charge on any atom is 0.0597 e. The van der Waals surface area contributed by atoms with Crippen molar-refractivity contribution in [3.05, 3.63) is 46.7 Å². The lowest BCUT2D eigenvalue weighted by atomic mass is 10.2. The predicted molar refractivity (Wildman–Crippen MR) is 90.5 cm³/mol. The first kappa shape index (κ1) is 15.0. The summed E-state index contributed by atoms with van der Waals surface area (Å²) in [6.45, 7) is 4.11. The van der Waals surface area contributed by atoms with Gasteiger partial charge in [0.05, 0.1) is 17.9 Å². The van der Waals surface area contributed by atoms with Gasteiger partial charge in [-0.1, -0.05) is 22.9 Å². The number of nitrogens with one attached hydrogen (secondary N) is 1. The standard InChI is InChI=1S/C16H22BrN3/c1-4-9-20-10-5-6-14(20)12-18-15-11-13(17)7-8-16(15)19(2)3/h5-8,10-11,18H,4,9,12H2,1-3H3. The van der Waals surface area contributed by atoms with Gasteiger partial charge >= 0.3 is 0 Å². The minimum absolute atomic E-state index is 0.838. The molecule has 108 valence electrons. The summed E-state index contributed by atoms with van der Waals surface area (Å²) >= 11 is 3.54. The van der Waals surface area contributed by atoms with E-state index >= 15 is 0 Å². The predicted octanol–water partition coefficient (Wildman–Crippen LogP) is 4.34. The molecule has 0 saturated carbocycles.